The first kappa shape index (κ1) is 18.4. The van der Waals surface area contributed by atoms with Gasteiger partial charge in [-0.15, -0.1) is 0 Å². The topological polar surface area (TPSA) is 73.2 Å². The first-order valence-electron chi connectivity index (χ1n) is 8.63. The summed E-state index contributed by atoms with van der Waals surface area (Å²) in [4.78, 5) is 24.5. The van der Waals surface area contributed by atoms with Crippen LogP contribution in [-0.4, -0.2) is 27.8 Å². The zero-order valence-electron chi connectivity index (χ0n) is 15.5. The quantitative estimate of drug-likeness (QED) is 0.702. The lowest BCUT2D eigenvalue weighted by Crippen LogP contribution is -2.30. The van der Waals surface area contributed by atoms with Gasteiger partial charge in [-0.1, -0.05) is 12.1 Å². The van der Waals surface area contributed by atoms with Crippen LogP contribution in [0.25, 0.3) is 5.69 Å². The monoisotopic (exact) mass is 363 g/mol. The number of hydrogen-bond acceptors (Lipinski definition) is 4. The number of nitrogens with one attached hydrogen (secondary N) is 1. The van der Waals surface area contributed by atoms with E-state index in [1.165, 1.54) is 0 Å². The molecule has 6 heteroatoms. The second-order valence-corrected chi connectivity index (χ2v) is 6.34. The first-order valence-corrected chi connectivity index (χ1v) is 8.63. The third-order valence-electron chi connectivity index (χ3n) is 4.12. The zero-order chi connectivity index (χ0) is 19.4. The fourth-order valence-electron chi connectivity index (χ4n) is 2.63. The molecule has 1 heterocycles. The fourth-order valence-corrected chi connectivity index (χ4v) is 2.63. The van der Waals surface area contributed by atoms with Crippen LogP contribution in [0.2, 0.25) is 0 Å². The van der Waals surface area contributed by atoms with Crippen molar-refractivity contribution in [2.45, 2.75) is 26.9 Å². The number of carbonyl (C=O) groups is 2. The number of nitrogens with zero attached hydrogens (tertiary/aromatic N) is 2. The van der Waals surface area contributed by atoms with Crippen molar-refractivity contribution in [2.75, 3.05) is 5.32 Å². The van der Waals surface area contributed by atoms with Crippen molar-refractivity contribution in [3.05, 3.63) is 77.6 Å². The molecular formula is C21H21N3O3. The Bertz CT molecular complexity index is 961. The molecule has 0 spiro atoms. The summed E-state index contributed by atoms with van der Waals surface area (Å²) >= 11 is 0. The Balaban J connectivity index is 1.62. The molecule has 0 bridgehead atoms. The van der Waals surface area contributed by atoms with Crippen molar-refractivity contribution in [3.8, 4) is 5.69 Å². The van der Waals surface area contributed by atoms with Crippen molar-refractivity contribution in [2.24, 2.45) is 0 Å². The highest BCUT2D eigenvalue weighted by atomic mass is 16.5. The van der Waals surface area contributed by atoms with Gasteiger partial charge in [-0.3, -0.25) is 4.79 Å². The van der Waals surface area contributed by atoms with Crippen molar-refractivity contribution >= 4 is 17.6 Å². The molecule has 3 aromatic rings. The number of esters is 1. The van der Waals surface area contributed by atoms with E-state index in [0.29, 0.717) is 11.3 Å². The number of hydrogen-bond donors (Lipinski definition) is 1. The number of benzene rings is 2. The Hall–Kier alpha value is -3.41. The van der Waals surface area contributed by atoms with Gasteiger partial charge >= 0.3 is 5.97 Å². The number of anilines is 1. The summed E-state index contributed by atoms with van der Waals surface area (Å²) in [6.45, 7) is 5.43. The van der Waals surface area contributed by atoms with Crippen LogP contribution in [-0.2, 0) is 9.53 Å². The van der Waals surface area contributed by atoms with Crippen molar-refractivity contribution in [1.29, 1.82) is 0 Å². The Labute approximate surface area is 157 Å². The lowest BCUT2D eigenvalue weighted by molar-refractivity contribution is -0.123. The summed E-state index contributed by atoms with van der Waals surface area (Å²) in [5.41, 5.74) is 3.91. The summed E-state index contributed by atoms with van der Waals surface area (Å²) in [7, 11) is 0. The molecule has 1 atom stereocenters. The summed E-state index contributed by atoms with van der Waals surface area (Å²) in [5, 5.41) is 6.97. The molecule has 1 amide bonds. The van der Waals surface area contributed by atoms with Crippen molar-refractivity contribution < 1.29 is 14.3 Å². The van der Waals surface area contributed by atoms with Crippen LogP contribution in [0, 0.1) is 13.8 Å². The smallest absolute Gasteiger partial charge is 0.338 e. The third kappa shape index (κ3) is 4.41. The Morgan fingerprint density at radius 1 is 1.07 bits per heavy atom. The minimum absolute atomic E-state index is 0.374. The molecule has 1 N–H and O–H groups in total. The number of ether oxygens (including phenoxy) is 1. The minimum Gasteiger partial charge on any atom is -0.449 e. The molecule has 138 valence electrons. The van der Waals surface area contributed by atoms with Crippen LogP contribution >= 0.6 is 0 Å². The molecule has 1 unspecified atom stereocenters. The molecule has 0 radical (unpaired) electrons. The molecule has 0 aliphatic heterocycles. The highest BCUT2D eigenvalue weighted by molar-refractivity contribution is 5.97. The van der Waals surface area contributed by atoms with Gasteiger partial charge in [0.25, 0.3) is 5.91 Å². The Morgan fingerprint density at radius 3 is 2.44 bits per heavy atom. The summed E-state index contributed by atoms with van der Waals surface area (Å²) in [6.07, 6.45) is 0.803. The second kappa shape index (κ2) is 7.86. The van der Waals surface area contributed by atoms with E-state index in [9.17, 15) is 9.59 Å². The molecular weight excluding hydrogens is 342 g/mol. The maximum Gasteiger partial charge on any atom is 0.338 e. The molecule has 0 fully saturated rings. The molecule has 2 aromatic carbocycles. The van der Waals surface area contributed by atoms with Gasteiger partial charge in [0, 0.05) is 17.6 Å². The lowest BCUT2D eigenvalue weighted by atomic mass is 10.2. The summed E-state index contributed by atoms with van der Waals surface area (Å²) < 4.78 is 7.05. The van der Waals surface area contributed by atoms with E-state index in [4.69, 9.17) is 4.74 Å². The average Bonchev–Trinajstić information content (AvgIpc) is 3.07. The number of aromatic nitrogens is 2. The molecule has 0 saturated heterocycles. The van der Waals surface area contributed by atoms with E-state index < -0.39 is 12.1 Å². The molecule has 1 aromatic heterocycles. The molecule has 6 nitrogen and oxygen atoms in total. The second-order valence-electron chi connectivity index (χ2n) is 6.34. The van der Waals surface area contributed by atoms with Crippen LogP contribution in [0.15, 0.2) is 60.8 Å². The van der Waals surface area contributed by atoms with Gasteiger partial charge in [0.15, 0.2) is 6.10 Å². The van der Waals surface area contributed by atoms with Crippen molar-refractivity contribution in [3.63, 3.8) is 0 Å². The maximum atomic E-state index is 12.3. The Morgan fingerprint density at radius 2 is 1.81 bits per heavy atom. The van der Waals surface area contributed by atoms with E-state index in [-0.39, 0.29) is 5.91 Å². The summed E-state index contributed by atoms with van der Waals surface area (Å²) in [5.74, 6) is -0.927. The van der Waals surface area contributed by atoms with Gasteiger partial charge in [-0.2, -0.15) is 5.10 Å². The van der Waals surface area contributed by atoms with E-state index >= 15 is 0 Å². The number of amides is 1. The highest BCUT2D eigenvalue weighted by Crippen LogP contribution is 2.14. The molecule has 27 heavy (non-hydrogen) atoms. The van der Waals surface area contributed by atoms with Crippen molar-refractivity contribution in [1.82, 2.24) is 9.78 Å². The van der Waals surface area contributed by atoms with Crippen LogP contribution in [0.3, 0.4) is 0 Å². The largest absolute Gasteiger partial charge is 0.449 e. The van der Waals surface area contributed by atoms with Crippen LogP contribution in [0.5, 0.6) is 0 Å². The van der Waals surface area contributed by atoms with Gasteiger partial charge in [0.2, 0.25) is 0 Å². The number of rotatable bonds is 5. The normalized spacial score (nSPS) is 11.7. The van der Waals surface area contributed by atoms with Gasteiger partial charge in [0.05, 0.1) is 11.3 Å². The predicted molar refractivity (Wildman–Crippen MR) is 103 cm³/mol. The fraction of sp³-hybridized carbons (Fsp3) is 0.190. The number of aryl methyl sites for hydroxylation is 2. The average molecular weight is 363 g/mol. The molecule has 0 aliphatic carbocycles. The first-order chi connectivity index (χ1) is 12.9. The predicted octanol–water partition coefficient (Wildman–Crippen LogP) is 3.67. The van der Waals surface area contributed by atoms with E-state index in [1.54, 1.807) is 48.1 Å². The third-order valence-corrected chi connectivity index (χ3v) is 4.12. The van der Waals surface area contributed by atoms with Crippen LogP contribution < -0.4 is 5.32 Å². The molecule has 3 rings (SSSR count). The minimum atomic E-state index is -0.911. The molecule has 0 saturated carbocycles. The SMILES string of the molecule is Cc1cccc(NC(=O)C(C)OC(=O)c2ccc(-n3nccc3C)cc2)c1. The standard InChI is InChI=1S/C21H21N3O3/c1-14-5-4-6-18(13-14)23-20(25)16(3)27-21(26)17-7-9-19(10-8-17)24-15(2)11-12-22-24/h4-13,16H,1-3H3,(H,23,25). The summed E-state index contributed by atoms with van der Waals surface area (Å²) in [6, 6.07) is 16.2. The number of carbonyl (C=O) groups excluding carboxylic acids is 2. The van der Waals surface area contributed by atoms with Gasteiger partial charge in [-0.25, -0.2) is 9.48 Å². The van der Waals surface area contributed by atoms with Gasteiger partial charge in [0.1, 0.15) is 0 Å². The maximum absolute atomic E-state index is 12.3. The Kier molecular flexibility index (Phi) is 5.35. The van der Waals surface area contributed by atoms with Gasteiger partial charge in [-0.05, 0) is 68.8 Å². The van der Waals surface area contributed by atoms with Crippen LogP contribution in [0.4, 0.5) is 5.69 Å². The highest BCUT2D eigenvalue weighted by Gasteiger charge is 2.19. The van der Waals surface area contributed by atoms with Crippen LogP contribution in [0.1, 0.15) is 28.5 Å². The van der Waals surface area contributed by atoms with E-state index in [2.05, 4.69) is 10.4 Å². The van der Waals surface area contributed by atoms with Gasteiger partial charge < -0.3 is 10.1 Å². The zero-order valence-corrected chi connectivity index (χ0v) is 15.5. The molecule has 0 aliphatic rings. The lowest BCUT2D eigenvalue weighted by Gasteiger charge is -2.14. The van der Waals surface area contributed by atoms with E-state index in [0.717, 1.165) is 16.9 Å². The van der Waals surface area contributed by atoms with E-state index in [1.807, 2.05) is 38.1 Å².